The maximum absolute atomic E-state index is 6.38. The van der Waals surface area contributed by atoms with Crippen LogP contribution in [0, 0.1) is 6.92 Å². The summed E-state index contributed by atoms with van der Waals surface area (Å²) in [6, 6.07) is 18.5. The van der Waals surface area contributed by atoms with Crippen LogP contribution in [0.3, 0.4) is 0 Å². The van der Waals surface area contributed by atoms with Crippen LogP contribution in [0.1, 0.15) is 16.7 Å². The second kappa shape index (κ2) is 7.52. The van der Waals surface area contributed by atoms with Gasteiger partial charge in [-0.05, 0) is 30.2 Å². The van der Waals surface area contributed by atoms with Gasteiger partial charge in [-0.15, -0.1) is 0 Å². The van der Waals surface area contributed by atoms with Gasteiger partial charge in [0.05, 0.1) is 23.8 Å². The molecular weight excluding hydrogens is 362 g/mol. The standard InChI is InChI=1S/C21H18ClN3S/c1-15-6-8-16(9-7-15)14-26-21-24-19-10-11-23-12-20(19)25(21)13-17-4-2-3-5-18(17)22/h2-12H,13-14H2,1H3. The van der Waals surface area contributed by atoms with Gasteiger partial charge in [0.15, 0.2) is 5.16 Å². The molecule has 3 nitrogen and oxygen atoms in total. The molecule has 0 N–H and O–H groups in total. The Bertz CT molecular complexity index is 1040. The van der Waals surface area contributed by atoms with Crippen LogP contribution < -0.4 is 0 Å². The third-order valence-electron chi connectivity index (χ3n) is 4.29. The van der Waals surface area contributed by atoms with E-state index in [1.807, 2.05) is 30.5 Å². The van der Waals surface area contributed by atoms with E-state index in [9.17, 15) is 0 Å². The van der Waals surface area contributed by atoms with Crippen LogP contribution >= 0.6 is 23.4 Å². The summed E-state index contributed by atoms with van der Waals surface area (Å²) in [7, 11) is 0. The van der Waals surface area contributed by atoms with Gasteiger partial charge < -0.3 is 4.57 Å². The number of fused-ring (bicyclic) bond motifs is 1. The lowest BCUT2D eigenvalue weighted by Gasteiger charge is -2.10. The molecule has 2 aromatic heterocycles. The van der Waals surface area contributed by atoms with Crippen molar-refractivity contribution in [2.24, 2.45) is 0 Å². The number of hydrogen-bond donors (Lipinski definition) is 0. The number of aromatic nitrogens is 3. The molecular formula is C21H18ClN3S. The van der Waals surface area contributed by atoms with Gasteiger partial charge in [-0.2, -0.15) is 0 Å². The second-order valence-electron chi connectivity index (χ2n) is 6.21. The minimum absolute atomic E-state index is 0.679. The van der Waals surface area contributed by atoms with Crippen molar-refractivity contribution in [2.45, 2.75) is 24.4 Å². The number of pyridine rings is 1. The van der Waals surface area contributed by atoms with Crippen molar-refractivity contribution in [3.63, 3.8) is 0 Å². The highest BCUT2D eigenvalue weighted by Crippen LogP contribution is 2.28. The first-order valence-electron chi connectivity index (χ1n) is 8.43. The van der Waals surface area contributed by atoms with Crippen LogP contribution in [-0.2, 0) is 12.3 Å². The number of aryl methyl sites for hydroxylation is 1. The molecule has 0 amide bonds. The van der Waals surface area contributed by atoms with Gasteiger partial charge in [0.25, 0.3) is 0 Å². The molecule has 0 atom stereocenters. The number of rotatable bonds is 5. The Labute approximate surface area is 162 Å². The smallest absolute Gasteiger partial charge is 0.169 e. The van der Waals surface area contributed by atoms with E-state index < -0.39 is 0 Å². The van der Waals surface area contributed by atoms with Crippen LogP contribution in [0.4, 0.5) is 0 Å². The fourth-order valence-electron chi connectivity index (χ4n) is 2.84. The van der Waals surface area contributed by atoms with Crippen LogP contribution in [0.5, 0.6) is 0 Å². The zero-order chi connectivity index (χ0) is 17.9. The highest BCUT2D eigenvalue weighted by molar-refractivity contribution is 7.98. The molecule has 4 aromatic rings. The SMILES string of the molecule is Cc1ccc(CSc2nc3ccncc3n2Cc2ccccc2Cl)cc1. The fraction of sp³-hybridized carbons (Fsp3) is 0.143. The summed E-state index contributed by atoms with van der Waals surface area (Å²) >= 11 is 8.11. The maximum atomic E-state index is 6.38. The summed E-state index contributed by atoms with van der Waals surface area (Å²) in [5.74, 6) is 0.875. The molecule has 2 heterocycles. The Morgan fingerprint density at radius 2 is 1.85 bits per heavy atom. The Morgan fingerprint density at radius 3 is 2.65 bits per heavy atom. The topological polar surface area (TPSA) is 30.7 Å². The Morgan fingerprint density at radius 1 is 1.04 bits per heavy atom. The Hall–Kier alpha value is -2.30. The largest absolute Gasteiger partial charge is 0.313 e. The first-order chi connectivity index (χ1) is 12.7. The molecule has 0 aliphatic rings. The van der Waals surface area contributed by atoms with Gasteiger partial charge in [0, 0.05) is 17.0 Å². The highest BCUT2D eigenvalue weighted by atomic mass is 35.5. The molecule has 0 fully saturated rings. The van der Waals surface area contributed by atoms with Gasteiger partial charge >= 0.3 is 0 Å². The fourth-order valence-corrected chi connectivity index (χ4v) is 4.01. The van der Waals surface area contributed by atoms with E-state index >= 15 is 0 Å². The first kappa shape index (κ1) is 17.1. The predicted molar refractivity (Wildman–Crippen MR) is 109 cm³/mol. The van der Waals surface area contributed by atoms with Gasteiger partial charge in [-0.25, -0.2) is 4.98 Å². The summed E-state index contributed by atoms with van der Waals surface area (Å²) in [5.41, 5.74) is 5.62. The normalized spacial score (nSPS) is 11.2. The Balaban J connectivity index is 1.67. The molecule has 0 aliphatic carbocycles. The molecule has 2 aromatic carbocycles. The zero-order valence-electron chi connectivity index (χ0n) is 14.4. The quantitative estimate of drug-likeness (QED) is 0.414. The molecule has 0 unspecified atom stereocenters. The van der Waals surface area contributed by atoms with Crippen molar-refractivity contribution in [1.82, 2.24) is 14.5 Å². The number of halogens is 1. The third-order valence-corrected chi connectivity index (χ3v) is 5.71. The predicted octanol–water partition coefficient (Wildman–Crippen LogP) is 5.73. The first-order valence-corrected chi connectivity index (χ1v) is 9.79. The number of nitrogens with zero attached hydrogens (tertiary/aromatic N) is 3. The number of benzene rings is 2. The number of thioether (sulfide) groups is 1. The summed E-state index contributed by atoms with van der Waals surface area (Å²) in [6.45, 7) is 2.78. The van der Waals surface area contributed by atoms with E-state index in [4.69, 9.17) is 16.6 Å². The number of imidazole rings is 1. The summed E-state index contributed by atoms with van der Waals surface area (Å²) in [6.07, 6.45) is 3.65. The van der Waals surface area contributed by atoms with Gasteiger partial charge in [-0.3, -0.25) is 4.98 Å². The lowest BCUT2D eigenvalue weighted by molar-refractivity contribution is 0.730. The molecule has 0 bridgehead atoms. The molecule has 0 saturated carbocycles. The summed E-state index contributed by atoms with van der Waals surface area (Å²) in [4.78, 5) is 9.09. The average molecular weight is 380 g/mol. The van der Waals surface area contributed by atoms with Crippen LogP contribution in [-0.4, -0.2) is 14.5 Å². The van der Waals surface area contributed by atoms with Crippen molar-refractivity contribution in [2.75, 3.05) is 0 Å². The van der Waals surface area contributed by atoms with Crippen molar-refractivity contribution >= 4 is 34.4 Å². The van der Waals surface area contributed by atoms with Crippen molar-refractivity contribution in [3.05, 3.63) is 88.7 Å². The van der Waals surface area contributed by atoms with Gasteiger partial charge in [0.1, 0.15) is 0 Å². The van der Waals surface area contributed by atoms with E-state index in [1.165, 1.54) is 11.1 Å². The Kier molecular flexibility index (Phi) is 4.96. The van der Waals surface area contributed by atoms with Crippen LogP contribution in [0.25, 0.3) is 11.0 Å². The monoisotopic (exact) mass is 379 g/mol. The molecule has 5 heteroatoms. The molecule has 0 spiro atoms. The van der Waals surface area contributed by atoms with Gasteiger partial charge in [-0.1, -0.05) is 71.4 Å². The molecule has 130 valence electrons. The second-order valence-corrected chi connectivity index (χ2v) is 7.56. The van der Waals surface area contributed by atoms with Crippen LogP contribution in [0.15, 0.2) is 72.1 Å². The van der Waals surface area contributed by atoms with E-state index in [1.54, 1.807) is 18.0 Å². The maximum Gasteiger partial charge on any atom is 0.169 e. The third kappa shape index (κ3) is 3.62. The minimum Gasteiger partial charge on any atom is -0.313 e. The molecule has 0 aliphatic heterocycles. The zero-order valence-corrected chi connectivity index (χ0v) is 16.0. The van der Waals surface area contributed by atoms with E-state index in [-0.39, 0.29) is 0 Å². The van der Waals surface area contributed by atoms with E-state index in [2.05, 4.69) is 46.8 Å². The van der Waals surface area contributed by atoms with E-state index in [0.29, 0.717) is 6.54 Å². The van der Waals surface area contributed by atoms with Gasteiger partial charge in [0.2, 0.25) is 0 Å². The van der Waals surface area contributed by atoms with Crippen LogP contribution in [0.2, 0.25) is 5.02 Å². The molecule has 26 heavy (non-hydrogen) atoms. The van der Waals surface area contributed by atoms with E-state index in [0.717, 1.165) is 32.5 Å². The van der Waals surface area contributed by atoms with Crippen molar-refractivity contribution < 1.29 is 0 Å². The summed E-state index contributed by atoms with van der Waals surface area (Å²) < 4.78 is 2.20. The highest BCUT2D eigenvalue weighted by Gasteiger charge is 2.13. The van der Waals surface area contributed by atoms with Crippen molar-refractivity contribution in [3.8, 4) is 0 Å². The number of hydrogen-bond acceptors (Lipinski definition) is 3. The molecule has 0 saturated heterocycles. The lowest BCUT2D eigenvalue weighted by Crippen LogP contribution is -2.02. The average Bonchev–Trinajstić information content (AvgIpc) is 3.01. The molecule has 4 rings (SSSR count). The minimum atomic E-state index is 0.679. The van der Waals surface area contributed by atoms with Crippen molar-refractivity contribution in [1.29, 1.82) is 0 Å². The summed E-state index contributed by atoms with van der Waals surface area (Å²) in [5, 5.41) is 1.75. The lowest BCUT2D eigenvalue weighted by atomic mass is 10.2. The molecule has 0 radical (unpaired) electrons.